The Bertz CT molecular complexity index is 193. The van der Waals surface area contributed by atoms with Gasteiger partial charge in [0.15, 0.2) is 0 Å². The Labute approximate surface area is 98.3 Å². The molecule has 0 saturated heterocycles. The van der Waals surface area contributed by atoms with Crippen LogP contribution in [0.25, 0.3) is 0 Å². The summed E-state index contributed by atoms with van der Waals surface area (Å²) in [6.45, 7) is 8.54. The lowest BCUT2D eigenvalue weighted by Gasteiger charge is -2.18. The van der Waals surface area contributed by atoms with Crippen molar-refractivity contribution in [2.75, 3.05) is 20.3 Å². The molecule has 4 heteroatoms. The topological polar surface area (TPSA) is 44.8 Å². The first-order valence-corrected chi connectivity index (χ1v) is 5.82. The molecule has 0 aliphatic carbocycles. The van der Waals surface area contributed by atoms with Gasteiger partial charge >= 0.3 is 5.97 Å². The summed E-state index contributed by atoms with van der Waals surface area (Å²) in [5.41, 5.74) is 0. The summed E-state index contributed by atoms with van der Waals surface area (Å²) >= 11 is 0. The van der Waals surface area contributed by atoms with Crippen molar-refractivity contribution in [1.29, 1.82) is 0 Å². The van der Waals surface area contributed by atoms with Gasteiger partial charge in [0.1, 0.15) is 6.10 Å². The fraction of sp³-hybridized carbons (Fsp3) is 0.917. The lowest BCUT2D eigenvalue weighted by Crippen LogP contribution is -2.27. The van der Waals surface area contributed by atoms with Gasteiger partial charge in [-0.2, -0.15) is 0 Å². The van der Waals surface area contributed by atoms with Gasteiger partial charge in [0.25, 0.3) is 0 Å². The van der Waals surface area contributed by atoms with E-state index < -0.39 is 0 Å². The van der Waals surface area contributed by atoms with E-state index in [9.17, 15) is 4.79 Å². The molecule has 0 aliphatic heterocycles. The number of ether oxygens (including phenoxy) is 3. The second-order valence-corrected chi connectivity index (χ2v) is 4.16. The monoisotopic (exact) mass is 232 g/mol. The molecular weight excluding hydrogens is 208 g/mol. The Balaban J connectivity index is 3.73. The zero-order chi connectivity index (χ0) is 12.6. The largest absolute Gasteiger partial charge is 0.460 e. The summed E-state index contributed by atoms with van der Waals surface area (Å²) in [5, 5.41) is 0. The van der Waals surface area contributed by atoms with E-state index in [2.05, 4.69) is 0 Å². The number of methoxy groups -OCH3 is 1. The summed E-state index contributed by atoms with van der Waals surface area (Å²) in [6.07, 6.45) is 0.613. The number of carbonyl (C=O) groups excluding carboxylic acids is 1. The average Bonchev–Trinajstić information content (AvgIpc) is 2.25. The minimum atomic E-state index is -0.208. The van der Waals surface area contributed by atoms with Crippen molar-refractivity contribution in [2.45, 2.75) is 46.3 Å². The average molecular weight is 232 g/mol. The molecule has 0 N–H and O–H groups in total. The maximum atomic E-state index is 11.5. The van der Waals surface area contributed by atoms with Crippen LogP contribution in [0.2, 0.25) is 0 Å². The van der Waals surface area contributed by atoms with Gasteiger partial charge in [0.05, 0.1) is 25.2 Å². The van der Waals surface area contributed by atoms with E-state index in [1.54, 1.807) is 7.11 Å². The van der Waals surface area contributed by atoms with Gasteiger partial charge in [-0.15, -0.1) is 0 Å². The van der Waals surface area contributed by atoms with Gasteiger partial charge in [-0.25, -0.2) is 0 Å². The smallest absolute Gasteiger partial charge is 0.308 e. The van der Waals surface area contributed by atoms with Crippen molar-refractivity contribution in [3.05, 3.63) is 0 Å². The van der Waals surface area contributed by atoms with Gasteiger partial charge < -0.3 is 14.2 Å². The van der Waals surface area contributed by atoms with Crippen molar-refractivity contribution < 1.29 is 19.0 Å². The molecule has 0 aromatic rings. The first-order valence-electron chi connectivity index (χ1n) is 5.82. The normalized spacial score (nSPS) is 16.6. The van der Waals surface area contributed by atoms with E-state index in [-0.39, 0.29) is 24.1 Å². The third-order valence-corrected chi connectivity index (χ3v) is 2.35. The van der Waals surface area contributed by atoms with Crippen LogP contribution in [0, 0.1) is 5.92 Å². The Hall–Kier alpha value is -0.610. The second kappa shape index (κ2) is 8.53. The van der Waals surface area contributed by atoms with E-state index in [0.717, 1.165) is 6.42 Å². The molecule has 0 saturated carbocycles. The summed E-state index contributed by atoms with van der Waals surface area (Å²) in [7, 11) is 1.63. The summed E-state index contributed by atoms with van der Waals surface area (Å²) in [4.78, 5) is 11.5. The molecule has 0 fully saturated rings. The number of esters is 1. The van der Waals surface area contributed by atoms with Crippen LogP contribution in [-0.4, -0.2) is 38.5 Å². The van der Waals surface area contributed by atoms with E-state index in [1.165, 1.54) is 0 Å². The van der Waals surface area contributed by atoms with Crippen LogP contribution in [0.3, 0.4) is 0 Å². The molecule has 0 heterocycles. The van der Waals surface area contributed by atoms with Crippen LogP contribution < -0.4 is 0 Å². The molecule has 3 atom stereocenters. The summed E-state index contributed by atoms with van der Waals surface area (Å²) in [5.74, 6) is -0.197. The number of hydrogen-bond donors (Lipinski definition) is 0. The van der Waals surface area contributed by atoms with Crippen LogP contribution in [0.1, 0.15) is 34.1 Å². The molecule has 0 amide bonds. The van der Waals surface area contributed by atoms with Crippen LogP contribution in [0.4, 0.5) is 0 Å². The first kappa shape index (κ1) is 15.4. The highest BCUT2D eigenvalue weighted by Gasteiger charge is 2.16. The van der Waals surface area contributed by atoms with E-state index >= 15 is 0 Å². The number of carbonyl (C=O) groups is 1. The maximum absolute atomic E-state index is 11.5. The Morgan fingerprint density at radius 3 is 2.25 bits per heavy atom. The SMILES string of the molecule is CCC(C)C(=O)OC(C)COC(C)COC. The molecule has 3 unspecified atom stereocenters. The second-order valence-electron chi connectivity index (χ2n) is 4.16. The van der Waals surface area contributed by atoms with E-state index in [4.69, 9.17) is 14.2 Å². The minimum Gasteiger partial charge on any atom is -0.460 e. The molecule has 96 valence electrons. The lowest BCUT2D eigenvalue weighted by molar-refractivity contribution is -0.156. The molecule has 0 radical (unpaired) electrons. The molecule has 16 heavy (non-hydrogen) atoms. The van der Waals surface area contributed by atoms with Crippen LogP contribution in [0.5, 0.6) is 0 Å². The van der Waals surface area contributed by atoms with Gasteiger partial charge in [0, 0.05) is 7.11 Å². The third kappa shape index (κ3) is 6.80. The zero-order valence-electron chi connectivity index (χ0n) is 11.0. The maximum Gasteiger partial charge on any atom is 0.308 e. The fourth-order valence-corrected chi connectivity index (χ4v) is 1.10. The zero-order valence-corrected chi connectivity index (χ0v) is 11.0. The third-order valence-electron chi connectivity index (χ3n) is 2.35. The molecule has 0 spiro atoms. The molecule has 0 aromatic heterocycles. The lowest BCUT2D eigenvalue weighted by atomic mass is 10.1. The fourth-order valence-electron chi connectivity index (χ4n) is 1.10. The summed E-state index contributed by atoms with van der Waals surface area (Å²) in [6, 6.07) is 0. The van der Waals surface area contributed by atoms with E-state index in [1.807, 2.05) is 27.7 Å². The Morgan fingerprint density at radius 2 is 1.75 bits per heavy atom. The van der Waals surface area contributed by atoms with Crippen molar-refractivity contribution in [2.24, 2.45) is 5.92 Å². The van der Waals surface area contributed by atoms with Gasteiger partial charge in [-0.1, -0.05) is 13.8 Å². The minimum absolute atomic E-state index is 0.0229. The standard InChI is InChI=1S/C12H24O4/c1-6-9(2)12(13)16-11(4)8-15-10(3)7-14-5/h9-11H,6-8H2,1-5H3. The van der Waals surface area contributed by atoms with Gasteiger partial charge in [-0.3, -0.25) is 4.79 Å². The quantitative estimate of drug-likeness (QED) is 0.601. The first-order chi connectivity index (χ1) is 7.51. The molecule has 4 nitrogen and oxygen atoms in total. The predicted molar refractivity (Wildman–Crippen MR) is 62.3 cm³/mol. The molecule has 0 rings (SSSR count). The highest BCUT2D eigenvalue weighted by atomic mass is 16.6. The van der Waals surface area contributed by atoms with Crippen LogP contribution in [0.15, 0.2) is 0 Å². The van der Waals surface area contributed by atoms with Crippen LogP contribution >= 0.6 is 0 Å². The van der Waals surface area contributed by atoms with Crippen molar-refractivity contribution in [3.63, 3.8) is 0 Å². The van der Waals surface area contributed by atoms with Gasteiger partial charge in [0.2, 0.25) is 0 Å². The number of hydrogen-bond acceptors (Lipinski definition) is 4. The summed E-state index contributed by atoms with van der Waals surface area (Å²) < 4.78 is 15.6. The van der Waals surface area contributed by atoms with Crippen molar-refractivity contribution in [1.82, 2.24) is 0 Å². The van der Waals surface area contributed by atoms with E-state index in [0.29, 0.717) is 13.2 Å². The van der Waals surface area contributed by atoms with Crippen molar-refractivity contribution >= 4 is 5.97 Å². The Kier molecular flexibility index (Phi) is 8.21. The van der Waals surface area contributed by atoms with Crippen molar-refractivity contribution in [3.8, 4) is 0 Å². The molecule has 0 aliphatic rings. The van der Waals surface area contributed by atoms with Crippen LogP contribution in [-0.2, 0) is 19.0 Å². The highest BCUT2D eigenvalue weighted by Crippen LogP contribution is 2.06. The predicted octanol–water partition coefficient (Wildman–Crippen LogP) is 2.02. The Morgan fingerprint density at radius 1 is 1.12 bits per heavy atom. The van der Waals surface area contributed by atoms with Gasteiger partial charge in [-0.05, 0) is 20.3 Å². The molecule has 0 bridgehead atoms. The highest BCUT2D eigenvalue weighted by molar-refractivity contribution is 5.72. The molecular formula is C12H24O4. The number of rotatable bonds is 8. The molecule has 0 aromatic carbocycles.